The maximum atomic E-state index is 13.6. The maximum absolute atomic E-state index is 13.6. The second-order valence-electron chi connectivity index (χ2n) is 10.2. The molecule has 3 aromatic carbocycles. The number of anilines is 1. The van der Waals surface area contributed by atoms with Gasteiger partial charge in [-0.15, -0.1) is 10.2 Å². The second kappa shape index (κ2) is 12.2. The third-order valence-corrected chi connectivity index (χ3v) is 9.84. The van der Waals surface area contributed by atoms with Crippen LogP contribution in [0.5, 0.6) is 11.5 Å². The van der Waals surface area contributed by atoms with E-state index in [0.717, 1.165) is 11.1 Å². The van der Waals surface area contributed by atoms with Crippen LogP contribution in [-0.4, -0.2) is 40.2 Å². The zero-order valence-electron chi connectivity index (χ0n) is 23.0. The number of hydrogen-bond acceptors (Lipinski definition) is 9. The van der Waals surface area contributed by atoms with Crippen LogP contribution in [0.1, 0.15) is 48.1 Å². The van der Waals surface area contributed by atoms with Gasteiger partial charge in [0.05, 0.1) is 11.6 Å². The number of amides is 1. The zero-order valence-corrected chi connectivity index (χ0v) is 26.2. The molecule has 0 unspecified atom stereocenters. The van der Waals surface area contributed by atoms with Crippen LogP contribution in [0.25, 0.3) is 5.76 Å². The number of rotatable bonds is 7. The first-order chi connectivity index (χ1) is 20.7. The van der Waals surface area contributed by atoms with Gasteiger partial charge in [-0.05, 0) is 52.9 Å². The van der Waals surface area contributed by atoms with Gasteiger partial charge in [-0.25, -0.2) is 0 Å². The van der Waals surface area contributed by atoms with Crippen molar-refractivity contribution in [3.63, 3.8) is 0 Å². The summed E-state index contributed by atoms with van der Waals surface area (Å²) >= 11 is 14.9. The van der Waals surface area contributed by atoms with Crippen LogP contribution in [0.3, 0.4) is 0 Å². The van der Waals surface area contributed by atoms with E-state index in [4.69, 9.17) is 32.7 Å². The number of ketones is 1. The maximum Gasteiger partial charge on any atom is 0.301 e. The van der Waals surface area contributed by atoms with E-state index in [9.17, 15) is 14.7 Å². The molecule has 6 rings (SSSR count). The number of benzene rings is 3. The summed E-state index contributed by atoms with van der Waals surface area (Å²) in [6, 6.07) is 16.9. The minimum atomic E-state index is -0.925. The predicted octanol–water partition coefficient (Wildman–Crippen LogP) is 7.66. The molecule has 43 heavy (non-hydrogen) atoms. The molecule has 220 valence electrons. The van der Waals surface area contributed by atoms with Gasteiger partial charge in [0.25, 0.3) is 5.78 Å². The fourth-order valence-electron chi connectivity index (χ4n) is 4.89. The van der Waals surface area contributed by atoms with E-state index in [1.807, 2.05) is 30.3 Å². The molecule has 2 aliphatic rings. The van der Waals surface area contributed by atoms with Crippen molar-refractivity contribution in [2.24, 2.45) is 0 Å². The smallest absolute Gasteiger partial charge is 0.301 e. The molecule has 1 aromatic heterocycles. The molecular formula is C31H25Cl2N3O5S2. The molecule has 1 saturated heterocycles. The highest BCUT2D eigenvalue weighted by Crippen LogP contribution is 2.45. The number of ether oxygens (including phenoxy) is 2. The van der Waals surface area contributed by atoms with Crippen LogP contribution in [0.4, 0.5) is 5.13 Å². The first kappa shape index (κ1) is 29.5. The van der Waals surface area contributed by atoms with E-state index in [1.54, 1.807) is 30.3 Å². The Kier molecular flexibility index (Phi) is 8.37. The van der Waals surface area contributed by atoms with Crippen molar-refractivity contribution in [3.05, 3.63) is 98.5 Å². The van der Waals surface area contributed by atoms with Crippen molar-refractivity contribution >= 4 is 68.9 Å². The summed E-state index contributed by atoms with van der Waals surface area (Å²) < 4.78 is 11.9. The number of hydrogen-bond donors (Lipinski definition) is 1. The summed E-state index contributed by atoms with van der Waals surface area (Å²) in [5, 5.41) is 21.4. The van der Waals surface area contributed by atoms with Crippen LogP contribution in [-0.2, 0) is 15.3 Å². The average Bonchev–Trinajstić information content (AvgIpc) is 3.57. The number of aliphatic hydroxyl groups excluding tert-OH is 1. The number of Topliss-reactive ketones (excluding diaryl/α,β-unsaturated/α-hetero) is 1. The van der Waals surface area contributed by atoms with Crippen molar-refractivity contribution < 1.29 is 24.2 Å². The van der Waals surface area contributed by atoms with Crippen LogP contribution < -0.4 is 14.4 Å². The number of thioether (sulfide) groups is 1. The molecule has 1 atom stereocenters. The lowest BCUT2D eigenvalue weighted by molar-refractivity contribution is -0.132. The lowest BCUT2D eigenvalue weighted by Crippen LogP contribution is -2.29. The number of carbonyl (C=O) groups is 2. The Labute approximate surface area is 266 Å². The number of nitrogens with zero attached hydrogens (tertiary/aromatic N) is 3. The van der Waals surface area contributed by atoms with E-state index in [2.05, 4.69) is 24.0 Å². The molecule has 12 heteroatoms. The third kappa shape index (κ3) is 5.84. The van der Waals surface area contributed by atoms with Crippen molar-refractivity contribution in [1.82, 2.24) is 10.2 Å². The van der Waals surface area contributed by atoms with E-state index in [1.165, 1.54) is 28.0 Å². The van der Waals surface area contributed by atoms with Gasteiger partial charge in [-0.3, -0.25) is 14.5 Å². The molecule has 0 saturated carbocycles. The van der Waals surface area contributed by atoms with Crippen molar-refractivity contribution in [1.29, 1.82) is 0 Å². The second-order valence-corrected chi connectivity index (χ2v) is 13.2. The largest absolute Gasteiger partial charge is 0.507 e. The van der Waals surface area contributed by atoms with Gasteiger partial charge in [0.1, 0.15) is 19.0 Å². The highest BCUT2D eigenvalue weighted by atomic mass is 35.5. The molecule has 0 aliphatic carbocycles. The highest BCUT2D eigenvalue weighted by molar-refractivity contribution is 8.00. The molecular weight excluding hydrogens is 629 g/mol. The fourth-order valence-corrected chi connectivity index (χ4v) is 7.32. The van der Waals surface area contributed by atoms with Gasteiger partial charge in [0, 0.05) is 21.4 Å². The summed E-state index contributed by atoms with van der Waals surface area (Å²) in [5.41, 5.74) is 2.91. The molecule has 0 bridgehead atoms. The Morgan fingerprint density at radius 2 is 1.77 bits per heavy atom. The Morgan fingerprint density at radius 1 is 1.02 bits per heavy atom. The van der Waals surface area contributed by atoms with Crippen LogP contribution in [0.2, 0.25) is 10.0 Å². The van der Waals surface area contributed by atoms with Crippen LogP contribution in [0, 0.1) is 0 Å². The number of fused-ring (bicyclic) bond motifs is 1. The molecule has 1 amide bonds. The molecule has 1 fully saturated rings. The van der Waals surface area contributed by atoms with Gasteiger partial charge in [-0.2, -0.15) is 0 Å². The van der Waals surface area contributed by atoms with E-state index < -0.39 is 17.7 Å². The monoisotopic (exact) mass is 653 g/mol. The predicted molar refractivity (Wildman–Crippen MR) is 169 cm³/mol. The first-order valence-corrected chi connectivity index (χ1v) is 16.0. The average molecular weight is 655 g/mol. The van der Waals surface area contributed by atoms with Gasteiger partial charge in [0.15, 0.2) is 15.8 Å². The topological polar surface area (TPSA) is 102 Å². The number of halogens is 2. The van der Waals surface area contributed by atoms with E-state index in [0.29, 0.717) is 56.0 Å². The quantitative estimate of drug-likeness (QED) is 0.0713. The highest BCUT2D eigenvalue weighted by Gasteiger charge is 2.48. The Hall–Kier alpha value is -3.57. The lowest BCUT2D eigenvalue weighted by Gasteiger charge is -2.23. The molecule has 0 radical (unpaired) electrons. The van der Waals surface area contributed by atoms with Gasteiger partial charge in [0.2, 0.25) is 5.13 Å². The van der Waals surface area contributed by atoms with Gasteiger partial charge < -0.3 is 14.6 Å². The minimum absolute atomic E-state index is 0.0451. The van der Waals surface area contributed by atoms with Crippen LogP contribution in [0.15, 0.2) is 70.6 Å². The summed E-state index contributed by atoms with van der Waals surface area (Å²) in [6.07, 6.45) is 0. The number of carbonyl (C=O) groups excluding carboxylic acids is 2. The summed E-state index contributed by atoms with van der Waals surface area (Å²) in [4.78, 5) is 28.5. The Balaban J connectivity index is 1.39. The zero-order chi connectivity index (χ0) is 30.2. The Bertz CT molecular complexity index is 1760. The fraction of sp³-hybridized carbons (Fsp3) is 0.226. The summed E-state index contributed by atoms with van der Waals surface area (Å²) in [5.74, 6) is -0.138. The number of aliphatic hydroxyl groups is 1. The SMILES string of the molecule is CC(C)c1ccc([C@H]2C(=C(O)c3ccc4c(c3)OCCO4)C(=O)C(=O)N2c2nnc(SCc3ccc(Cl)cc3Cl)s2)cc1. The summed E-state index contributed by atoms with van der Waals surface area (Å²) in [7, 11) is 0. The third-order valence-electron chi connectivity index (χ3n) is 7.15. The molecule has 8 nitrogen and oxygen atoms in total. The molecule has 2 aliphatic heterocycles. The standard InChI is InChI=1S/C31H25Cl2N3O5S2/c1-16(2)17-3-5-18(6-4-17)26-25(27(37)19-8-10-23-24(13-19)41-12-11-40-23)28(38)29(39)36(26)30-34-35-31(43-30)42-15-20-7-9-21(32)14-22(20)33/h3-10,13-14,16,26,37H,11-12,15H2,1-2H3/t26-/m0/s1. The molecule has 4 aromatic rings. The van der Waals surface area contributed by atoms with E-state index in [-0.39, 0.29) is 22.4 Å². The van der Waals surface area contributed by atoms with Crippen LogP contribution >= 0.6 is 46.3 Å². The number of aromatic nitrogens is 2. The molecule has 0 spiro atoms. The Morgan fingerprint density at radius 3 is 2.49 bits per heavy atom. The van der Waals surface area contributed by atoms with Gasteiger partial charge in [-0.1, -0.05) is 90.5 Å². The normalized spacial score (nSPS) is 17.6. The minimum Gasteiger partial charge on any atom is -0.507 e. The van der Waals surface area contributed by atoms with Gasteiger partial charge >= 0.3 is 5.91 Å². The lowest BCUT2D eigenvalue weighted by atomic mass is 9.93. The molecule has 1 N–H and O–H groups in total. The first-order valence-electron chi connectivity index (χ1n) is 13.4. The van der Waals surface area contributed by atoms with Crippen molar-refractivity contribution in [2.45, 2.75) is 35.9 Å². The van der Waals surface area contributed by atoms with Crippen molar-refractivity contribution in [3.8, 4) is 11.5 Å². The summed E-state index contributed by atoms with van der Waals surface area (Å²) in [6.45, 7) is 4.96. The van der Waals surface area contributed by atoms with E-state index >= 15 is 0 Å². The molecule has 3 heterocycles. The van der Waals surface area contributed by atoms with Crippen molar-refractivity contribution in [2.75, 3.05) is 18.1 Å².